The summed E-state index contributed by atoms with van der Waals surface area (Å²) < 4.78 is 5.22. The first-order valence-corrected chi connectivity index (χ1v) is 10.4. The Morgan fingerprint density at radius 3 is 2.21 bits per heavy atom. The summed E-state index contributed by atoms with van der Waals surface area (Å²) >= 11 is 0. The second-order valence-corrected chi connectivity index (χ2v) is 8.94. The van der Waals surface area contributed by atoms with Crippen LogP contribution in [0.4, 0.5) is 10.5 Å². The third kappa shape index (κ3) is 6.76. The summed E-state index contributed by atoms with van der Waals surface area (Å²) in [5.74, 6) is 0.522. The number of likely N-dealkylation sites (tertiary alicyclic amines) is 1. The van der Waals surface area contributed by atoms with E-state index in [-0.39, 0.29) is 30.2 Å². The van der Waals surface area contributed by atoms with Crippen LogP contribution in [0.25, 0.3) is 0 Å². The van der Waals surface area contributed by atoms with Gasteiger partial charge in [0.25, 0.3) is 0 Å². The molecule has 1 aromatic carbocycles. The molecule has 0 atom stereocenters. The zero-order valence-corrected chi connectivity index (χ0v) is 17.5. The Morgan fingerprint density at radius 2 is 1.66 bits per heavy atom. The molecule has 0 unspecified atom stereocenters. The fraction of sp³-hybridized carbons (Fsp3) is 0.591. The van der Waals surface area contributed by atoms with Crippen LogP contribution in [0.1, 0.15) is 52.0 Å². The van der Waals surface area contributed by atoms with E-state index in [0.717, 1.165) is 44.3 Å². The highest BCUT2D eigenvalue weighted by Crippen LogP contribution is 2.31. The number of anilines is 1. The average Bonchev–Trinajstić information content (AvgIpc) is 3.47. The summed E-state index contributed by atoms with van der Waals surface area (Å²) in [5.41, 5.74) is 0.943. The Bertz CT molecular complexity index is 742. The third-order valence-corrected chi connectivity index (χ3v) is 5.06. The van der Waals surface area contributed by atoms with Gasteiger partial charge in [0.1, 0.15) is 5.60 Å². The third-order valence-electron chi connectivity index (χ3n) is 5.06. The molecule has 2 aliphatic rings. The van der Waals surface area contributed by atoms with E-state index >= 15 is 0 Å². The van der Waals surface area contributed by atoms with Crippen molar-refractivity contribution < 1.29 is 19.1 Å². The Labute approximate surface area is 172 Å². The van der Waals surface area contributed by atoms with Crippen molar-refractivity contribution in [2.45, 2.75) is 64.5 Å². The van der Waals surface area contributed by atoms with E-state index in [4.69, 9.17) is 4.74 Å². The molecular formula is C22H31N3O4. The number of hydrogen-bond acceptors (Lipinski definition) is 4. The molecule has 2 N–H and O–H groups in total. The molecule has 3 rings (SSSR count). The average molecular weight is 402 g/mol. The molecule has 0 aromatic heterocycles. The number of carbonyl (C=O) groups is 3. The predicted octanol–water partition coefficient (Wildman–Crippen LogP) is 3.09. The first kappa shape index (κ1) is 21.1. The zero-order chi connectivity index (χ0) is 21.0. The molecule has 0 bridgehead atoms. The van der Waals surface area contributed by atoms with Crippen LogP contribution < -0.4 is 10.6 Å². The number of nitrogens with zero attached hydrogens (tertiary/aromatic N) is 1. The second kappa shape index (κ2) is 8.84. The molecule has 0 spiro atoms. The van der Waals surface area contributed by atoms with Gasteiger partial charge in [-0.25, -0.2) is 4.79 Å². The number of amides is 3. The van der Waals surface area contributed by atoms with Crippen LogP contribution >= 0.6 is 0 Å². The number of carbonyl (C=O) groups excluding carboxylic acids is 3. The van der Waals surface area contributed by atoms with Crippen LogP contribution in [-0.4, -0.2) is 47.5 Å². The summed E-state index contributed by atoms with van der Waals surface area (Å²) in [4.78, 5) is 38.2. The highest BCUT2D eigenvalue weighted by molar-refractivity contribution is 5.85. The maximum absolute atomic E-state index is 12.4. The molecule has 158 valence electrons. The molecule has 1 saturated carbocycles. The highest BCUT2D eigenvalue weighted by atomic mass is 16.6. The first-order chi connectivity index (χ1) is 13.7. The van der Waals surface area contributed by atoms with Gasteiger partial charge in [0.2, 0.25) is 11.8 Å². The quantitative estimate of drug-likeness (QED) is 0.794. The summed E-state index contributed by atoms with van der Waals surface area (Å²) in [6.45, 7) is 6.88. The van der Waals surface area contributed by atoms with E-state index in [1.165, 1.54) is 0 Å². The zero-order valence-electron chi connectivity index (χ0n) is 17.5. The lowest BCUT2D eigenvalue weighted by Gasteiger charge is -2.32. The van der Waals surface area contributed by atoms with Gasteiger partial charge in [-0.2, -0.15) is 0 Å². The summed E-state index contributed by atoms with van der Waals surface area (Å²) in [7, 11) is 0. The molecule has 7 heteroatoms. The molecule has 7 nitrogen and oxygen atoms in total. The first-order valence-electron chi connectivity index (χ1n) is 10.4. The number of piperidine rings is 1. The predicted molar refractivity (Wildman–Crippen MR) is 110 cm³/mol. The molecular weight excluding hydrogens is 370 g/mol. The molecule has 1 aliphatic heterocycles. The van der Waals surface area contributed by atoms with Gasteiger partial charge < -0.3 is 15.0 Å². The molecule has 2 fully saturated rings. The summed E-state index contributed by atoms with van der Waals surface area (Å²) in [6.07, 6.45) is 3.46. The molecule has 1 aromatic rings. The van der Waals surface area contributed by atoms with E-state index < -0.39 is 11.7 Å². The second-order valence-electron chi connectivity index (χ2n) is 8.94. The lowest BCUT2D eigenvalue weighted by molar-refractivity contribution is -0.133. The maximum Gasteiger partial charge on any atom is 0.412 e. The van der Waals surface area contributed by atoms with Crippen molar-refractivity contribution in [2.75, 3.05) is 18.4 Å². The van der Waals surface area contributed by atoms with E-state index in [1.807, 2.05) is 37.8 Å². The van der Waals surface area contributed by atoms with E-state index in [2.05, 4.69) is 10.6 Å². The molecule has 1 heterocycles. The Kier molecular flexibility index (Phi) is 6.45. The van der Waals surface area contributed by atoms with Crippen LogP contribution in [0, 0.1) is 5.92 Å². The van der Waals surface area contributed by atoms with Crippen molar-refractivity contribution in [1.29, 1.82) is 0 Å². The van der Waals surface area contributed by atoms with E-state index in [9.17, 15) is 14.4 Å². The lowest BCUT2D eigenvalue weighted by atomic mass is 10.0. The van der Waals surface area contributed by atoms with Crippen LogP contribution in [0.2, 0.25) is 0 Å². The van der Waals surface area contributed by atoms with Gasteiger partial charge in [-0.05, 0) is 64.2 Å². The fourth-order valence-electron chi connectivity index (χ4n) is 3.42. The minimum atomic E-state index is -0.552. The number of rotatable bonds is 5. The van der Waals surface area contributed by atoms with Crippen LogP contribution in [0.15, 0.2) is 24.3 Å². The van der Waals surface area contributed by atoms with Crippen molar-refractivity contribution in [1.82, 2.24) is 10.2 Å². The number of benzene rings is 1. The normalized spacial score (nSPS) is 17.6. The Hall–Kier alpha value is -2.57. The van der Waals surface area contributed by atoms with Crippen LogP contribution in [0.3, 0.4) is 0 Å². The standard InChI is InChI=1S/C22H31N3O4/c1-22(2,3)29-21(28)24-17-8-4-15(5-9-17)14-19(26)23-18-10-12-25(13-11-18)20(27)16-6-7-16/h4-5,8-9,16,18H,6-7,10-14H2,1-3H3,(H,23,26)(H,24,28). The van der Waals surface area contributed by atoms with Gasteiger partial charge in [0, 0.05) is 30.7 Å². The number of ether oxygens (including phenoxy) is 1. The van der Waals surface area contributed by atoms with Crippen molar-refractivity contribution in [3.63, 3.8) is 0 Å². The minimum absolute atomic E-state index is 0.0233. The molecule has 29 heavy (non-hydrogen) atoms. The SMILES string of the molecule is CC(C)(C)OC(=O)Nc1ccc(CC(=O)NC2CCN(C(=O)C3CC3)CC2)cc1. The van der Waals surface area contributed by atoms with E-state index in [1.54, 1.807) is 12.1 Å². The summed E-state index contributed by atoms with van der Waals surface area (Å²) in [6, 6.07) is 7.29. The van der Waals surface area contributed by atoms with Gasteiger partial charge in [0.05, 0.1) is 6.42 Å². The lowest BCUT2D eigenvalue weighted by Crippen LogP contribution is -2.47. The van der Waals surface area contributed by atoms with Gasteiger partial charge in [-0.1, -0.05) is 12.1 Å². The molecule has 3 amide bonds. The monoisotopic (exact) mass is 401 g/mol. The van der Waals surface area contributed by atoms with Crippen molar-refractivity contribution >= 4 is 23.6 Å². The van der Waals surface area contributed by atoms with Crippen molar-refractivity contribution in [3.8, 4) is 0 Å². The largest absolute Gasteiger partial charge is 0.444 e. The Balaban J connectivity index is 1.40. The van der Waals surface area contributed by atoms with Gasteiger partial charge in [-0.15, -0.1) is 0 Å². The van der Waals surface area contributed by atoms with Crippen LogP contribution in [0.5, 0.6) is 0 Å². The number of hydrogen-bond donors (Lipinski definition) is 2. The summed E-state index contributed by atoms with van der Waals surface area (Å²) in [5, 5.41) is 5.75. The van der Waals surface area contributed by atoms with Crippen molar-refractivity contribution in [3.05, 3.63) is 29.8 Å². The smallest absolute Gasteiger partial charge is 0.412 e. The highest BCUT2D eigenvalue weighted by Gasteiger charge is 2.35. The van der Waals surface area contributed by atoms with Gasteiger partial charge in [0.15, 0.2) is 0 Å². The Morgan fingerprint density at radius 1 is 1.03 bits per heavy atom. The minimum Gasteiger partial charge on any atom is -0.444 e. The molecule has 1 saturated heterocycles. The molecule has 0 radical (unpaired) electrons. The molecule has 1 aliphatic carbocycles. The van der Waals surface area contributed by atoms with Crippen molar-refractivity contribution in [2.24, 2.45) is 5.92 Å². The topological polar surface area (TPSA) is 87.7 Å². The number of nitrogens with one attached hydrogen (secondary N) is 2. The van der Waals surface area contributed by atoms with Crippen LogP contribution in [-0.2, 0) is 20.7 Å². The maximum atomic E-state index is 12.4. The van der Waals surface area contributed by atoms with Gasteiger partial charge in [-0.3, -0.25) is 14.9 Å². The van der Waals surface area contributed by atoms with E-state index in [0.29, 0.717) is 5.69 Å². The fourth-order valence-corrected chi connectivity index (χ4v) is 3.42. The van der Waals surface area contributed by atoms with Gasteiger partial charge >= 0.3 is 6.09 Å².